The number of urea groups is 1. The van der Waals surface area contributed by atoms with Crippen LogP contribution in [0, 0.1) is 0 Å². The van der Waals surface area contributed by atoms with Gasteiger partial charge in [0.1, 0.15) is 17.7 Å². The molecule has 116 valence electrons. The first-order chi connectivity index (χ1) is 10.8. The zero-order valence-electron chi connectivity index (χ0n) is 12.4. The van der Waals surface area contributed by atoms with Gasteiger partial charge in [-0.05, 0) is 25.5 Å². The molecule has 1 fully saturated rings. The zero-order valence-corrected chi connectivity index (χ0v) is 12.4. The highest BCUT2D eigenvalue weighted by molar-refractivity contribution is 5.88. The van der Waals surface area contributed by atoms with Crippen molar-refractivity contribution < 1.29 is 9.53 Å². The van der Waals surface area contributed by atoms with Gasteiger partial charge >= 0.3 is 6.03 Å². The average Bonchev–Trinajstić information content (AvgIpc) is 3.16. The molecule has 22 heavy (non-hydrogen) atoms. The van der Waals surface area contributed by atoms with Crippen LogP contribution in [0.25, 0.3) is 0 Å². The molecule has 0 bridgehead atoms. The second-order valence-electron chi connectivity index (χ2n) is 5.07. The standard InChI is InChI=1S/C15H19N5O2/c1-2-20-9-8-17-14(20)13-11(6-10-22-13)18-15(21)19-12-5-3-4-7-16-12/h3-5,7-9,11,13H,2,6,10H2,1H3,(H2,16,18,19,21)/t11-,13-/m0/s1. The van der Waals surface area contributed by atoms with Gasteiger partial charge in [-0.25, -0.2) is 14.8 Å². The first-order valence-electron chi connectivity index (χ1n) is 7.39. The van der Waals surface area contributed by atoms with Crippen LogP contribution in [0.2, 0.25) is 0 Å². The lowest BCUT2D eigenvalue weighted by molar-refractivity contribution is 0.0906. The van der Waals surface area contributed by atoms with Crippen molar-refractivity contribution in [2.75, 3.05) is 11.9 Å². The summed E-state index contributed by atoms with van der Waals surface area (Å²) in [6.07, 6.45) is 5.85. The van der Waals surface area contributed by atoms with Gasteiger partial charge in [-0.3, -0.25) is 5.32 Å². The summed E-state index contributed by atoms with van der Waals surface area (Å²) in [7, 11) is 0. The SMILES string of the molecule is CCn1ccnc1[C@H]1OCC[C@@H]1NC(=O)Nc1ccccn1. The molecule has 0 aliphatic carbocycles. The minimum Gasteiger partial charge on any atom is -0.368 e. The molecule has 0 unspecified atom stereocenters. The summed E-state index contributed by atoms with van der Waals surface area (Å²) in [5.41, 5.74) is 0. The fraction of sp³-hybridized carbons (Fsp3) is 0.400. The normalized spacial score (nSPS) is 20.8. The van der Waals surface area contributed by atoms with E-state index in [1.54, 1.807) is 24.5 Å². The molecule has 2 N–H and O–H groups in total. The summed E-state index contributed by atoms with van der Waals surface area (Å²) >= 11 is 0. The lowest BCUT2D eigenvalue weighted by atomic mass is 10.1. The van der Waals surface area contributed by atoms with Gasteiger partial charge < -0.3 is 14.6 Å². The lowest BCUT2D eigenvalue weighted by Gasteiger charge is -2.20. The predicted octanol–water partition coefficient (Wildman–Crippen LogP) is 1.95. The first kappa shape index (κ1) is 14.5. The monoisotopic (exact) mass is 301 g/mol. The Morgan fingerprint density at radius 2 is 2.32 bits per heavy atom. The molecule has 1 aliphatic heterocycles. The van der Waals surface area contributed by atoms with E-state index in [1.807, 2.05) is 16.8 Å². The molecule has 0 aromatic carbocycles. The van der Waals surface area contributed by atoms with E-state index in [0.29, 0.717) is 12.4 Å². The van der Waals surface area contributed by atoms with E-state index in [-0.39, 0.29) is 18.2 Å². The molecule has 7 nitrogen and oxygen atoms in total. The average molecular weight is 301 g/mol. The second kappa shape index (κ2) is 6.57. The molecule has 0 radical (unpaired) electrons. The Balaban J connectivity index is 1.65. The molecule has 2 atom stereocenters. The molecular formula is C15H19N5O2. The van der Waals surface area contributed by atoms with Gasteiger partial charge in [0.25, 0.3) is 0 Å². The molecule has 1 saturated heterocycles. The molecule has 3 rings (SSSR count). The van der Waals surface area contributed by atoms with Crippen LogP contribution in [0.15, 0.2) is 36.8 Å². The highest BCUT2D eigenvalue weighted by Crippen LogP contribution is 2.28. The Labute approximate surface area is 128 Å². The zero-order chi connectivity index (χ0) is 15.4. The summed E-state index contributed by atoms with van der Waals surface area (Å²) in [4.78, 5) is 20.5. The van der Waals surface area contributed by atoms with Gasteiger partial charge in [0.15, 0.2) is 0 Å². The van der Waals surface area contributed by atoms with Crippen molar-refractivity contribution in [2.24, 2.45) is 0 Å². The van der Waals surface area contributed by atoms with Gasteiger partial charge in [-0.1, -0.05) is 6.07 Å². The first-order valence-corrected chi connectivity index (χ1v) is 7.39. The Bertz CT molecular complexity index is 628. The number of anilines is 1. The Hall–Kier alpha value is -2.41. The quantitative estimate of drug-likeness (QED) is 0.904. The Morgan fingerprint density at radius 1 is 1.41 bits per heavy atom. The van der Waals surface area contributed by atoms with Gasteiger partial charge in [-0.15, -0.1) is 0 Å². The molecule has 7 heteroatoms. The smallest absolute Gasteiger partial charge is 0.320 e. The number of carbonyl (C=O) groups is 1. The van der Waals surface area contributed by atoms with Crippen LogP contribution in [0.1, 0.15) is 25.3 Å². The molecule has 2 amide bonds. The number of hydrogen-bond donors (Lipinski definition) is 2. The van der Waals surface area contributed by atoms with Crippen molar-refractivity contribution in [3.63, 3.8) is 0 Å². The van der Waals surface area contributed by atoms with E-state index >= 15 is 0 Å². The maximum absolute atomic E-state index is 12.1. The number of imidazole rings is 1. The third kappa shape index (κ3) is 3.09. The summed E-state index contributed by atoms with van der Waals surface area (Å²) in [5, 5.41) is 5.67. The lowest BCUT2D eigenvalue weighted by Crippen LogP contribution is -2.40. The van der Waals surface area contributed by atoms with E-state index in [9.17, 15) is 4.79 Å². The number of carbonyl (C=O) groups excluding carboxylic acids is 1. The van der Waals surface area contributed by atoms with E-state index in [1.165, 1.54) is 0 Å². The molecule has 2 aromatic heterocycles. The molecule has 2 aromatic rings. The number of aryl methyl sites for hydroxylation is 1. The van der Waals surface area contributed by atoms with Crippen molar-refractivity contribution in [1.82, 2.24) is 19.9 Å². The van der Waals surface area contributed by atoms with Crippen LogP contribution in [0.5, 0.6) is 0 Å². The molecule has 0 saturated carbocycles. The second-order valence-corrected chi connectivity index (χ2v) is 5.07. The summed E-state index contributed by atoms with van der Waals surface area (Å²) in [6.45, 7) is 3.48. The van der Waals surface area contributed by atoms with Crippen LogP contribution in [-0.4, -0.2) is 33.2 Å². The van der Waals surface area contributed by atoms with E-state index in [0.717, 1.165) is 18.8 Å². The van der Waals surface area contributed by atoms with Gasteiger partial charge in [0, 0.05) is 31.7 Å². The number of amides is 2. The van der Waals surface area contributed by atoms with Crippen molar-refractivity contribution in [3.05, 3.63) is 42.6 Å². The maximum atomic E-state index is 12.1. The van der Waals surface area contributed by atoms with Crippen LogP contribution in [0.4, 0.5) is 10.6 Å². The number of nitrogens with zero attached hydrogens (tertiary/aromatic N) is 3. The minimum absolute atomic E-state index is 0.101. The predicted molar refractivity (Wildman–Crippen MR) is 81.4 cm³/mol. The fourth-order valence-electron chi connectivity index (χ4n) is 2.59. The van der Waals surface area contributed by atoms with Gasteiger partial charge in [0.2, 0.25) is 0 Å². The van der Waals surface area contributed by atoms with E-state index in [2.05, 4.69) is 27.5 Å². The molecule has 1 aliphatic rings. The summed E-state index contributed by atoms with van der Waals surface area (Å²) in [6, 6.07) is 4.98. The fourth-order valence-corrected chi connectivity index (χ4v) is 2.59. The van der Waals surface area contributed by atoms with Crippen molar-refractivity contribution in [2.45, 2.75) is 32.0 Å². The van der Waals surface area contributed by atoms with Crippen LogP contribution >= 0.6 is 0 Å². The van der Waals surface area contributed by atoms with Crippen molar-refractivity contribution in [1.29, 1.82) is 0 Å². The largest absolute Gasteiger partial charge is 0.368 e. The Morgan fingerprint density at radius 3 is 3.09 bits per heavy atom. The summed E-state index contributed by atoms with van der Waals surface area (Å²) in [5.74, 6) is 1.37. The van der Waals surface area contributed by atoms with Crippen molar-refractivity contribution in [3.8, 4) is 0 Å². The summed E-state index contributed by atoms with van der Waals surface area (Å²) < 4.78 is 7.79. The van der Waals surface area contributed by atoms with Crippen LogP contribution < -0.4 is 10.6 Å². The maximum Gasteiger partial charge on any atom is 0.320 e. The molecule has 0 spiro atoms. The highest BCUT2D eigenvalue weighted by atomic mass is 16.5. The third-order valence-electron chi connectivity index (χ3n) is 3.66. The number of pyridine rings is 1. The van der Waals surface area contributed by atoms with Crippen LogP contribution in [-0.2, 0) is 11.3 Å². The number of nitrogens with one attached hydrogen (secondary N) is 2. The Kier molecular flexibility index (Phi) is 4.34. The molecule has 3 heterocycles. The number of aromatic nitrogens is 3. The third-order valence-corrected chi connectivity index (χ3v) is 3.66. The number of hydrogen-bond acceptors (Lipinski definition) is 4. The van der Waals surface area contributed by atoms with Crippen molar-refractivity contribution >= 4 is 11.8 Å². The topological polar surface area (TPSA) is 81.1 Å². The van der Waals surface area contributed by atoms with E-state index < -0.39 is 0 Å². The van der Waals surface area contributed by atoms with Gasteiger partial charge in [0.05, 0.1) is 6.04 Å². The number of rotatable bonds is 4. The van der Waals surface area contributed by atoms with E-state index in [4.69, 9.17) is 4.74 Å². The number of ether oxygens (including phenoxy) is 1. The van der Waals surface area contributed by atoms with Gasteiger partial charge in [-0.2, -0.15) is 0 Å². The highest BCUT2D eigenvalue weighted by Gasteiger charge is 2.33. The van der Waals surface area contributed by atoms with Crippen LogP contribution in [0.3, 0.4) is 0 Å². The molecular weight excluding hydrogens is 282 g/mol. The minimum atomic E-state index is -0.284.